The number of aromatic carboxylic acids is 1. The maximum absolute atomic E-state index is 12.2. The molecule has 6 heteroatoms. The van der Waals surface area contributed by atoms with Gasteiger partial charge in [-0.25, -0.2) is 9.59 Å². The summed E-state index contributed by atoms with van der Waals surface area (Å²) in [7, 11) is 0. The Bertz CT molecular complexity index is 548. The van der Waals surface area contributed by atoms with Crippen molar-refractivity contribution in [1.29, 1.82) is 0 Å². The lowest BCUT2D eigenvalue weighted by molar-refractivity contribution is 0.0698. The van der Waals surface area contributed by atoms with E-state index in [1.165, 1.54) is 12.1 Å². The summed E-state index contributed by atoms with van der Waals surface area (Å²) in [6.45, 7) is 3.58. The van der Waals surface area contributed by atoms with Gasteiger partial charge in [0.2, 0.25) is 0 Å². The number of hydrogen-bond acceptors (Lipinski definition) is 2. The first-order valence-corrected chi connectivity index (χ1v) is 7.47. The highest BCUT2D eigenvalue weighted by Gasteiger charge is 2.26. The average molecular weight is 311 g/mol. The van der Waals surface area contributed by atoms with Gasteiger partial charge in [0.1, 0.15) is 0 Å². The van der Waals surface area contributed by atoms with Crippen LogP contribution < -0.4 is 5.32 Å². The number of amides is 2. The van der Waals surface area contributed by atoms with Gasteiger partial charge in [0.25, 0.3) is 0 Å². The molecular weight excluding hydrogens is 292 g/mol. The van der Waals surface area contributed by atoms with Crippen LogP contribution >= 0.6 is 11.6 Å². The van der Waals surface area contributed by atoms with Crippen LogP contribution in [0.2, 0.25) is 5.02 Å². The highest BCUT2D eigenvalue weighted by Crippen LogP contribution is 2.24. The van der Waals surface area contributed by atoms with E-state index >= 15 is 0 Å². The molecule has 5 nitrogen and oxygen atoms in total. The monoisotopic (exact) mass is 310 g/mol. The standard InChI is InChI=1S/C15H19ClN2O3/c1-2-3-10-6-7-18(9-10)15(21)17-13-5-4-11(16)8-12(13)14(19)20/h4-5,8,10H,2-3,6-7,9H2,1H3,(H,17,21)(H,19,20). The number of nitrogens with one attached hydrogen (secondary N) is 1. The summed E-state index contributed by atoms with van der Waals surface area (Å²) < 4.78 is 0. The molecule has 1 aromatic rings. The molecule has 1 fully saturated rings. The van der Waals surface area contributed by atoms with Crippen molar-refractivity contribution in [1.82, 2.24) is 4.90 Å². The van der Waals surface area contributed by atoms with E-state index in [0.717, 1.165) is 25.8 Å². The van der Waals surface area contributed by atoms with Gasteiger partial charge in [0.05, 0.1) is 11.3 Å². The zero-order chi connectivity index (χ0) is 15.4. The largest absolute Gasteiger partial charge is 0.478 e. The fraction of sp³-hybridized carbons (Fsp3) is 0.467. The van der Waals surface area contributed by atoms with Gasteiger partial charge >= 0.3 is 12.0 Å². The molecule has 1 aromatic carbocycles. The van der Waals surface area contributed by atoms with Crippen molar-refractivity contribution in [3.05, 3.63) is 28.8 Å². The first-order chi connectivity index (χ1) is 10.0. The summed E-state index contributed by atoms with van der Waals surface area (Å²) in [6.07, 6.45) is 3.24. The number of benzene rings is 1. The molecule has 1 aliphatic rings. The molecule has 114 valence electrons. The third-order valence-corrected chi connectivity index (χ3v) is 3.96. The van der Waals surface area contributed by atoms with Gasteiger partial charge in [-0.05, 0) is 37.0 Å². The number of hydrogen-bond donors (Lipinski definition) is 2. The van der Waals surface area contributed by atoms with Crippen LogP contribution in [0.5, 0.6) is 0 Å². The fourth-order valence-corrected chi connectivity index (χ4v) is 2.83. The summed E-state index contributed by atoms with van der Waals surface area (Å²) in [6, 6.07) is 4.17. The lowest BCUT2D eigenvalue weighted by atomic mass is 10.0. The van der Waals surface area contributed by atoms with Crippen LogP contribution in [-0.4, -0.2) is 35.1 Å². The number of likely N-dealkylation sites (tertiary alicyclic amines) is 1. The molecule has 1 saturated heterocycles. The van der Waals surface area contributed by atoms with Gasteiger partial charge in [0, 0.05) is 18.1 Å². The number of carboxylic acids is 1. The van der Waals surface area contributed by atoms with Crippen LogP contribution in [0, 0.1) is 5.92 Å². The van der Waals surface area contributed by atoms with Crippen LogP contribution in [0.3, 0.4) is 0 Å². The number of rotatable bonds is 4. The number of carboxylic acid groups (broad SMARTS) is 1. The van der Waals surface area contributed by atoms with Gasteiger partial charge in [-0.1, -0.05) is 24.9 Å². The number of carbonyl (C=O) groups is 2. The number of carbonyl (C=O) groups excluding carboxylic acids is 1. The molecule has 0 radical (unpaired) electrons. The van der Waals surface area contributed by atoms with Crippen LogP contribution in [0.15, 0.2) is 18.2 Å². The van der Waals surface area contributed by atoms with Gasteiger partial charge in [-0.3, -0.25) is 0 Å². The topological polar surface area (TPSA) is 69.6 Å². The SMILES string of the molecule is CCCC1CCN(C(=O)Nc2ccc(Cl)cc2C(=O)O)C1. The minimum absolute atomic E-state index is 0.000144. The predicted molar refractivity (Wildman–Crippen MR) is 82.0 cm³/mol. The van der Waals surface area contributed by atoms with Crippen LogP contribution in [0.25, 0.3) is 0 Å². The Hall–Kier alpha value is -1.75. The summed E-state index contributed by atoms with van der Waals surface area (Å²) in [5.74, 6) is -0.567. The minimum atomic E-state index is -1.11. The van der Waals surface area contributed by atoms with Crippen molar-refractivity contribution in [2.45, 2.75) is 26.2 Å². The molecule has 1 aliphatic heterocycles. The Labute approximate surface area is 128 Å². The van der Waals surface area contributed by atoms with E-state index < -0.39 is 5.97 Å². The van der Waals surface area contributed by atoms with E-state index in [2.05, 4.69) is 12.2 Å². The Morgan fingerprint density at radius 3 is 2.90 bits per heavy atom. The molecule has 2 rings (SSSR count). The van der Waals surface area contributed by atoms with Gasteiger partial charge in [-0.15, -0.1) is 0 Å². The molecule has 0 saturated carbocycles. The molecule has 1 heterocycles. The van der Waals surface area contributed by atoms with E-state index in [-0.39, 0.29) is 17.3 Å². The Morgan fingerprint density at radius 1 is 1.48 bits per heavy atom. The minimum Gasteiger partial charge on any atom is -0.478 e. The molecule has 0 aromatic heterocycles. The van der Waals surface area contributed by atoms with Crippen molar-refractivity contribution in [3.8, 4) is 0 Å². The second kappa shape index (κ2) is 6.80. The second-order valence-corrected chi connectivity index (χ2v) is 5.75. The van der Waals surface area contributed by atoms with E-state index in [1.807, 2.05) is 0 Å². The van der Waals surface area contributed by atoms with Crippen LogP contribution in [0.4, 0.5) is 10.5 Å². The molecule has 1 unspecified atom stereocenters. The van der Waals surface area contributed by atoms with E-state index in [0.29, 0.717) is 17.5 Å². The highest BCUT2D eigenvalue weighted by atomic mass is 35.5. The molecule has 21 heavy (non-hydrogen) atoms. The first-order valence-electron chi connectivity index (χ1n) is 7.10. The molecule has 0 aliphatic carbocycles. The summed E-state index contributed by atoms with van der Waals surface area (Å²) >= 11 is 5.79. The van der Waals surface area contributed by atoms with Crippen molar-refractivity contribution in [2.24, 2.45) is 5.92 Å². The average Bonchev–Trinajstić information content (AvgIpc) is 2.89. The fourth-order valence-electron chi connectivity index (χ4n) is 2.66. The van der Waals surface area contributed by atoms with E-state index in [1.54, 1.807) is 11.0 Å². The van der Waals surface area contributed by atoms with E-state index in [9.17, 15) is 9.59 Å². The number of nitrogens with zero attached hydrogens (tertiary/aromatic N) is 1. The summed E-state index contributed by atoms with van der Waals surface area (Å²) in [4.78, 5) is 25.1. The van der Waals surface area contributed by atoms with Gasteiger partial charge in [0.15, 0.2) is 0 Å². The Balaban J connectivity index is 2.05. The number of halogens is 1. The molecular formula is C15H19ClN2O3. The van der Waals surface area contributed by atoms with Gasteiger partial charge < -0.3 is 15.3 Å². The quantitative estimate of drug-likeness (QED) is 0.891. The van der Waals surface area contributed by atoms with Crippen LogP contribution in [0.1, 0.15) is 36.5 Å². The molecule has 0 bridgehead atoms. The third-order valence-electron chi connectivity index (χ3n) is 3.72. The Kier molecular flexibility index (Phi) is 5.07. The molecule has 2 N–H and O–H groups in total. The molecule has 0 spiro atoms. The normalized spacial score (nSPS) is 17.8. The Morgan fingerprint density at radius 2 is 2.24 bits per heavy atom. The zero-order valence-corrected chi connectivity index (χ0v) is 12.7. The lowest BCUT2D eigenvalue weighted by Crippen LogP contribution is -2.33. The second-order valence-electron chi connectivity index (χ2n) is 5.31. The lowest BCUT2D eigenvalue weighted by Gasteiger charge is -2.18. The zero-order valence-electron chi connectivity index (χ0n) is 11.9. The highest BCUT2D eigenvalue weighted by molar-refractivity contribution is 6.31. The van der Waals surface area contributed by atoms with Crippen LogP contribution in [-0.2, 0) is 0 Å². The molecule has 1 atom stereocenters. The van der Waals surface area contributed by atoms with E-state index in [4.69, 9.17) is 16.7 Å². The number of anilines is 1. The maximum Gasteiger partial charge on any atom is 0.337 e. The maximum atomic E-state index is 12.2. The predicted octanol–water partition coefficient (Wildman–Crippen LogP) is 3.69. The van der Waals surface area contributed by atoms with Crippen molar-refractivity contribution < 1.29 is 14.7 Å². The first kappa shape index (κ1) is 15.6. The van der Waals surface area contributed by atoms with Crippen molar-refractivity contribution in [2.75, 3.05) is 18.4 Å². The summed E-state index contributed by atoms with van der Waals surface area (Å²) in [5.41, 5.74) is 0.274. The molecule has 2 amide bonds. The van der Waals surface area contributed by atoms with Gasteiger partial charge in [-0.2, -0.15) is 0 Å². The number of urea groups is 1. The van der Waals surface area contributed by atoms with Crippen molar-refractivity contribution >= 4 is 29.3 Å². The van der Waals surface area contributed by atoms with Crippen molar-refractivity contribution in [3.63, 3.8) is 0 Å². The smallest absolute Gasteiger partial charge is 0.337 e. The summed E-state index contributed by atoms with van der Waals surface area (Å²) in [5, 5.41) is 12.2. The third kappa shape index (κ3) is 3.88.